The molecule has 3 rings (SSSR count). The highest BCUT2D eigenvalue weighted by Crippen LogP contribution is 2.21. The molecule has 1 aromatic heterocycles. The summed E-state index contributed by atoms with van der Waals surface area (Å²) in [6.07, 6.45) is 1.95. The number of hydrogen-bond donors (Lipinski definition) is 0. The molecule has 0 bridgehead atoms. The third-order valence-electron chi connectivity index (χ3n) is 3.99. The zero-order chi connectivity index (χ0) is 12.5. The standard InChI is InChI=1S/C14H21N3O/c1-11-3-4-14(15-7-11)16-5-6-17(12(2)8-16)13-9-18-10-13/h3-4,7,12-13H,5-6,8-10H2,1-2H3/t12-/m1/s1. The summed E-state index contributed by atoms with van der Waals surface area (Å²) in [7, 11) is 0. The number of hydrogen-bond acceptors (Lipinski definition) is 4. The molecule has 0 amide bonds. The Morgan fingerprint density at radius 1 is 1.28 bits per heavy atom. The van der Waals surface area contributed by atoms with E-state index in [2.05, 4.69) is 40.8 Å². The first-order chi connectivity index (χ1) is 8.74. The van der Waals surface area contributed by atoms with Gasteiger partial charge in [-0.15, -0.1) is 0 Å². The molecule has 0 radical (unpaired) electrons. The first-order valence-corrected chi connectivity index (χ1v) is 6.75. The van der Waals surface area contributed by atoms with Gasteiger partial charge in [-0.2, -0.15) is 0 Å². The molecule has 0 aliphatic carbocycles. The van der Waals surface area contributed by atoms with Crippen LogP contribution in [0.1, 0.15) is 12.5 Å². The van der Waals surface area contributed by atoms with Gasteiger partial charge < -0.3 is 9.64 Å². The molecule has 1 atom stereocenters. The lowest BCUT2D eigenvalue weighted by molar-refractivity contribution is -0.0793. The van der Waals surface area contributed by atoms with Crippen LogP contribution >= 0.6 is 0 Å². The Kier molecular flexibility index (Phi) is 3.22. The Morgan fingerprint density at radius 2 is 2.11 bits per heavy atom. The Labute approximate surface area is 109 Å². The summed E-state index contributed by atoms with van der Waals surface area (Å²) in [5.74, 6) is 1.11. The molecule has 0 unspecified atom stereocenters. The van der Waals surface area contributed by atoms with Crippen LogP contribution in [0.5, 0.6) is 0 Å². The highest BCUT2D eigenvalue weighted by molar-refractivity contribution is 5.40. The summed E-state index contributed by atoms with van der Waals surface area (Å²) in [6, 6.07) is 5.49. The SMILES string of the molecule is Cc1ccc(N2CCN(C3COC3)[C@H](C)C2)nc1. The van der Waals surface area contributed by atoms with Crippen molar-refractivity contribution in [1.82, 2.24) is 9.88 Å². The minimum absolute atomic E-state index is 0.579. The minimum Gasteiger partial charge on any atom is -0.378 e. The van der Waals surface area contributed by atoms with E-state index in [9.17, 15) is 0 Å². The number of piperazine rings is 1. The lowest BCUT2D eigenvalue weighted by Gasteiger charge is -2.46. The highest BCUT2D eigenvalue weighted by Gasteiger charge is 2.33. The molecule has 2 aliphatic rings. The summed E-state index contributed by atoms with van der Waals surface area (Å²) < 4.78 is 5.29. The van der Waals surface area contributed by atoms with Crippen molar-refractivity contribution in [3.63, 3.8) is 0 Å². The first kappa shape index (κ1) is 11.9. The van der Waals surface area contributed by atoms with Gasteiger partial charge in [0.05, 0.1) is 19.3 Å². The third-order valence-corrected chi connectivity index (χ3v) is 3.99. The van der Waals surface area contributed by atoms with E-state index in [1.54, 1.807) is 0 Å². The fraction of sp³-hybridized carbons (Fsp3) is 0.643. The summed E-state index contributed by atoms with van der Waals surface area (Å²) in [5.41, 5.74) is 1.22. The van der Waals surface area contributed by atoms with Crippen molar-refractivity contribution >= 4 is 5.82 Å². The monoisotopic (exact) mass is 247 g/mol. The molecule has 1 aromatic rings. The zero-order valence-corrected chi connectivity index (χ0v) is 11.2. The van der Waals surface area contributed by atoms with Gasteiger partial charge in [-0.25, -0.2) is 4.98 Å². The van der Waals surface area contributed by atoms with E-state index in [1.807, 2.05) is 6.20 Å². The van der Waals surface area contributed by atoms with E-state index in [0.717, 1.165) is 38.7 Å². The van der Waals surface area contributed by atoms with Crippen molar-refractivity contribution in [2.45, 2.75) is 25.9 Å². The van der Waals surface area contributed by atoms with Crippen molar-refractivity contribution in [3.05, 3.63) is 23.9 Å². The van der Waals surface area contributed by atoms with Gasteiger partial charge in [-0.1, -0.05) is 6.07 Å². The van der Waals surface area contributed by atoms with E-state index < -0.39 is 0 Å². The second kappa shape index (κ2) is 4.86. The number of ether oxygens (including phenoxy) is 1. The number of rotatable bonds is 2. The van der Waals surface area contributed by atoms with Crippen LogP contribution in [0.25, 0.3) is 0 Å². The maximum absolute atomic E-state index is 5.29. The average molecular weight is 247 g/mol. The molecule has 18 heavy (non-hydrogen) atoms. The Bertz CT molecular complexity index is 402. The number of anilines is 1. The topological polar surface area (TPSA) is 28.6 Å². The van der Waals surface area contributed by atoms with Crippen LogP contribution < -0.4 is 4.90 Å². The second-order valence-electron chi connectivity index (χ2n) is 5.42. The van der Waals surface area contributed by atoms with Gasteiger partial charge >= 0.3 is 0 Å². The molecule has 3 heterocycles. The van der Waals surface area contributed by atoms with E-state index in [4.69, 9.17) is 4.74 Å². The summed E-state index contributed by atoms with van der Waals surface area (Å²) in [5, 5.41) is 0. The zero-order valence-electron chi connectivity index (χ0n) is 11.2. The molecule has 0 aromatic carbocycles. The fourth-order valence-corrected chi connectivity index (χ4v) is 2.78. The maximum Gasteiger partial charge on any atom is 0.128 e. The van der Waals surface area contributed by atoms with Gasteiger partial charge in [0.2, 0.25) is 0 Å². The summed E-state index contributed by atoms with van der Waals surface area (Å²) >= 11 is 0. The van der Waals surface area contributed by atoms with E-state index in [0.29, 0.717) is 12.1 Å². The fourth-order valence-electron chi connectivity index (χ4n) is 2.78. The molecular formula is C14H21N3O. The largest absolute Gasteiger partial charge is 0.378 e. The summed E-state index contributed by atoms with van der Waals surface area (Å²) in [6.45, 7) is 9.45. The van der Waals surface area contributed by atoms with Crippen LogP contribution in [-0.4, -0.2) is 54.8 Å². The molecule has 2 fully saturated rings. The normalized spacial score (nSPS) is 26.1. The van der Waals surface area contributed by atoms with Crippen molar-refractivity contribution in [2.24, 2.45) is 0 Å². The third kappa shape index (κ3) is 2.22. The Balaban J connectivity index is 1.65. The number of aromatic nitrogens is 1. The van der Waals surface area contributed by atoms with E-state index in [-0.39, 0.29) is 0 Å². The quantitative estimate of drug-likeness (QED) is 0.787. The van der Waals surface area contributed by atoms with Crippen molar-refractivity contribution < 1.29 is 4.74 Å². The van der Waals surface area contributed by atoms with Gasteiger partial charge in [-0.05, 0) is 25.5 Å². The van der Waals surface area contributed by atoms with Crippen molar-refractivity contribution in [3.8, 4) is 0 Å². The lowest BCUT2D eigenvalue weighted by Crippen LogP contribution is -2.60. The summed E-state index contributed by atoms with van der Waals surface area (Å²) in [4.78, 5) is 9.49. The average Bonchev–Trinajstić information content (AvgIpc) is 2.30. The lowest BCUT2D eigenvalue weighted by atomic mass is 10.1. The van der Waals surface area contributed by atoms with E-state index in [1.165, 1.54) is 5.56 Å². The predicted molar refractivity (Wildman–Crippen MR) is 72.0 cm³/mol. The van der Waals surface area contributed by atoms with Crippen LogP contribution in [0, 0.1) is 6.92 Å². The van der Waals surface area contributed by atoms with Crippen molar-refractivity contribution in [1.29, 1.82) is 0 Å². The Hall–Kier alpha value is -1.13. The van der Waals surface area contributed by atoms with Gasteiger partial charge in [0.25, 0.3) is 0 Å². The molecule has 2 saturated heterocycles. The van der Waals surface area contributed by atoms with Gasteiger partial charge in [0, 0.05) is 31.9 Å². The van der Waals surface area contributed by atoms with Gasteiger partial charge in [-0.3, -0.25) is 4.90 Å². The van der Waals surface area contributed by atoms with Crippen LogP contribution in [0.3, 0.4) is 0 Å². The molecule has 4 heteroatoms. The van der Waals surface area contributed by atoms with Gasteiger partial charge in [0.1, 0.15) is 5.82 Å². The van der Waals surface area contributed by atoms with Crippen LogP contribution in [0.2, 0.25) is 0 Å². The second-order valence-corrected chi connectivity index (χ2v) is 5.42. The molecule has 0 spiro atoms. The number of aryl methyl sites for hydroxylation is 1. The van der Waals surface area contributed by atoms with Crippen LogP contribution in [0.4, 0.5) is 5.82 Å². The predicted octanol–water partition coefficient (Wildman–Crippen LogP) is 1.30. The molecule has 0 saturated carbocycles. The van der Waals surface area contributed by atoms with Crippen LogP contribution in [-0.2, 0) is 4.74 Å². The minimum atomic E-state index is 0.579. The first-order valence-electron chi connectivity index (χ1n) is 6.75. The molecule has 0 N–H and O–H groups in total. The van der Waals surface area contributed by atoms with Crippen molar-refractivity contribution in [2.75, 3.05) is 37.7 Å². The number of pyridine rings is 1. The maximum atomic E-state index is 5.29. The van der Waals surface area contributed by atoms with Gasteiger partial charge in [0.15, 0.2) is 0 Å². The smallest absolute Gasteiger partial charge is 0.128 e. The molecule has 98 valence electrons. The highest BCUT2D eigenvalue weighted by atomic mass is 16.5. The van der Waals surface area contributed by atoms with E-state index >= 15 is 0 Å². The molecule has 4 nitrogen and oxygen atoms in total. The molecule has 2 aliphatic heterocycles. The number of nitrogens with zero attached hydrogens (tertiary/aromatic N) is 3. The van der Waals surface area contributed by atoms with Crippen LogP contribution in [0.15, 0.2) is 18.3 Å². The Morgan fingerprint density at radius 3 is 2.67 bits per heavy atom. The molecular weight excluding hydrogens is 226 g/mol.